The maximum atomic E-state index is 5.70. The molecule has 0 amide bonds. The van der Waals surface area contributed by atoms with Crippen molar-refractivity contribution in [1.29, 1.82) is 0 Å². The molecule has 3 rings (SSSR count). The molecule has 0 bridgehead atoms. The first kappa shape index (κ1) is 17.1. The summed E-state index contributed by atoms with van der Waals surface area (Å²) >= 11 is 0. The normalized spacial score (nSPS) is 21.9. The van der Waals surface area contributed by atoms with Crippen LogP contribution in [0, 0.1) is 0 Å². The van der Waals surface area contributed by atoms with Gasteiger partial charge in [-0.2, -0.15) is 5.10 Å². The van der Waals surface area contributed by atoms with Gasteiger partial charge in [0.2, 0.25) is 0 Å². The largest absolute Gasteiger partial charge is 0.378 e. The van der Waals surface area contributed by atoms with E-state index in [1.165, 1.54) is 0 Å². The fourth-order valence-electron chi connectivity index (χ4n) is 3.29. The van der Waals surface area contributed by atoms with Gasteiger partial charge >= 0.3 is 0 Å². The molecule has 1 N–H and O–H groups in total. The first-order valence-electron chi connectivity index (χ1n) is 8.75. The fraction of sp³-hybridized carbons (Fsp3) is 0.706. The lowest BCUT2D eigenvalue weighted by atomic mass is 10.2. The highest BCUT2D eigenvalue weighted by Gasteiger charge is 2.34. The van der Waals surface area contributed by atoms with Crippen LogP contribution in [0.15, 0.2) is 6.20 Å². The van der Waals surface area contributed by atoms with E-state index in [0.29, 0.717) is 6.04 Å². The van der Waals surface area contributed by atoms with Crippen molar-refractivity contribution in [3.63, 3.8) is 0 Å². The summed E-state index contributed by atoms with van der Waals surface area (Å²) in [7, 11) is 3.70. The molecule has 0 radical (unpaired) electrons. The number of rotatable bonds is 6. The predicted octanol–water partition coefficient (Wildman–Crippen LogP) is 1.84. The topological polar surface area (TPSA) is 68.1 Å². The lowest BCUT2D eigenvalue weighted by Crippen LogP contribution is -2.34. The zero-order valence-corrected chi connectivity index (χ0v) is 15.3. The molecule has 1 aliphatic heterocycles. The second kappa shape index (κ2) is 7.03. The van der Waals surface area contributed by atoms with Crippen LogP contribution in [0.3, 0.4) is 0 Å². The summed E-state index contributed by atoms with van der Waals surface area (Å²) in [6.45, 7) is 8.47. The summed E-state index contributed by atoms with van der Waals surface area (Å²) in [5.74, 6) is 1.73. The van der Waals surface area contributed by atoms with Crippen LogP contribution < -0.4 is 5.32 Å². The van der Waals surface area contributed by atoms with Gasteiger partial charge in [0.1, 0.15) is 11.6 Å². The zero-order chi connectivity index (χ0) is 17.3. The van der Waals surface area contributed by atoms with Gasteiger partial charge < -0.3 is 10.1 Å². The molecule has 3 heterocycles. The van der Waals surface area contributed by atoms with E-state index in [0.717, 1.165) is 48.6 Å². The first-order chi connectivity index (χ1) is 11.5. The van der Waals surface area contributed by atoms with Gasteiger partial charge in [-0.15, -0.1) is 0 Å². The third-order valence-corrected chi connectivity index (χ3v) is 4.76. The van der Waals surface area contributed by atoms with E-state index in [4.69, 9.17) is 9.72 Å². The number of aromatic nitrogens is 4. The molecule has 1 aliphatic rings. The van der Waals surface area contributed by atoms with Gasteiger partial charge in [-0.3, -0.25) is 9.58 Å². The summed E-state index contributed by atoms with van der Waals surface area (Å²) in [4.78, 5) is 11.8. The predicted molar refractivity (Wildman–Crippen MR) is 95.2 cm³/mol. The number of likely N-dealkylation sites (tertiary alicyclic amines) is 1. The first-order valence-corrected chi connectivity index (χ1v) is 8.75. The minimum Gasteiger partial charge on any atom is -0.378 e. The van der Waals surface area contributed by atoms with Crippen LogP contribution in [-0.2, 0) is 18.2 Å². The van der Waals surface area contributed by atoms with Crippen molar-refractivity contribution >= 4 is 16.9 Å². The Labute approximate surface area is 143 Å². The van der Waals surface area contributed by atoms with Crippen LogP contribution in [0.25, 0.3) is 11.0 Å². The molecule has 0 aliphatic carbocycles. The summed E-state index contributed by atoms with van der Waals surface area (Å²) in [5, 5.41) is 8.93. The molecule has 2 aromatic rings. The summed E-state index contributed by atoms with van der Waals surface area (Å²) < 4.78 is 7.51. The Hall–Kier alpha value is -1.73. The van der Waals surface area contributed by atoms with Crippen molar-refractivity contribution in [2.45, 2.75) is 51.8 Å². The minimum absolute atomic E-state index is 0.156. The van der Waals surface area contributed by atoms with Crippen molar-refractivity contribution in [3.8, 4) is 0 Å². The summed E-state index contributed by atoms with van der Waals surface area (Å²) in [5.41, 5.74) is 0.878. The van der Waals surface area contributed by atoms with Gasteiger partial charge in [0.15, 0.2) is 5.65 Å². The van der Waals surface area contributed by atoms with Crippen molar-refractivity contribution in [3.05, 3.63) is 12.0 Å². The molecule has 2 atom stereocenters. The molecule has 0 unspecified atom stereocenters. The lowest BCUT2D eigenvalue weighted by molar-refractivity contribution is 0.0983. The third kappa shape index (κ3) is 3.23. The molecule has 132 valence electrons. The van der Waals surface area contributed by atoms with E-state index in [9.17, 15) is 0 Å². The van der Waals surface area contributed by atoms with Gasteiger partial charge in [-0.1, -0.05) is 6.92 Å². The maximum absolute atomic E-state index is 5.70. The number of hydrogen-bond donors (Lipinski definition) is 1. The second-order valence-electron chi connectivity index (χ2n) is 6.82. The zero-order valence-electron chi connectivity index (χ0n) is 15.3. The van der Waals surface area contributed by atoms with E-state index in [1.807, 2.05) is 17.9 Å². The van der Waals surface area contributed by atoms with E-state index in [1.54, 1.807) is 7.11 Å². The van der Waals surface area contributed by atoms with Gasteiger partial charge in [-0.25, -0.2) is 9.97 Å². The Balaban J connectivity index is 1.91. The number of hydrogen-bond acceptors (Lipinski definition) is 6. The van der Waals surface area contributed by atoms with Gasteiger partial charge in [0, 0.05) is 39.7 Å². The molecule has 24 heavy (non-hydrogen) atoms. The number of fused-ring (bicyclic) bond motifs is 1. The van der Waals surface area contributed by atoms with Gasteiger partial charge in [0.25, 0.3) is 0 Å². The Morgan fingerprint density at radius 1 is 1.33 bits per heavy atom. The smallest absolute Gasteiger partial charge is 0.163 e. The monoisotopic (exact) mass is 332 g/mol. The number of nitrogens with one attached hydrogen (secondary N) is 1. The molecule has 1 fully saturated rings. The molecule has 2 aromatic heterocycles. The van der Waals surface area contributed by atoms with E-state index >= 15 is 0 Å². The van der Waals surface area contributed by atoms with Crippen LogP contribution in [0.2, 0.25) is 0 Å². The maximum Gasteiger partial charge on any atom is 0.163 e. The Morgan fingerprint density at radius 2 is 2.12 bits per heavy atom. The third-order valence-electron chi connectivity index (χ3n) is 4.76. The summed E-state index contributed by atoms with van der Waals surface area (Å²) in [6.07, 6.45) is 3.88. The van der Waals surface area contributed by atoms with Crippen LogP contribution in [-0.4, -0.2) is 63.0 Å². The standard InChI is InChI=1S/C17H28N6O/c1-6-7-15-20-16(12-8-18-22(4)17(12)21-15)19-13-9-23(11(2)3)10-14(13)24-5/h8,11,13-14H,6-7,9-10H2,1-5H3,(H,19,20,21)/t13-,14-/m0/s1. The molecule has 0 aromatic carbocycles. The highest BCUT2D eigenvalue weighted by atomic mass is 16.5. The van der Waals surface area contributed by atoms with Crippen molar-refractivity contribution < 1.29 is 4.74 Å². The number of anilines is 1. The average Bonchev–Trinajstić information content (AvgIpc) is 3.12. The number of aryl methyl sites for hydroxylation is 2. The molecule has 1 saturated heterocycles. The molecule has 7 nitrogen and oxygen atoms in total. The van der Waals surface area contributed by atoms with Crippen LogP contribution in [0.4, 0.5) is 5.82 Å². The van der Waals surface area contributed by atoms with E-state index < -0.39 is 0 Å². The highest BCUT2D eigenvalue weighted by Crippen LogP contribution is 2.24. The van der Waals surface area contributed by atoms with Crippen LogP contribution in [0.5, 0.6) is 0 Å². The highest BCUT2D eigenvalue weighted by molar-refractivity contribution is 5.86. The number of methoxy groups -OCH3 is 1. The van der Waals surface area contributed by atoms with E-state index in [-0.39, 0.29) is 12.1 Å². The second-order valence-corrected chi connectivity index (χ2v) is 6.82. The SMILES string of the molecule is CCCc1nc(N[C@H]2CN(C(C)C)C[C@@H]2OC)c2cnn(C)c2n1. The Bertz CT molecular complexity index is 698. The van der Waals surface area contributed by atoms with E-state index in [2.05, 4.69) is 41.1 Å². The van der Waals surface area contributed by atoms with Crippen molar-refractivity contribution in [2.75, 3.05) is 25.5 Å². The summed E-state index contributed by atoms with van der Waals surface area (Å²) in [6, 6.07) is 0.721. The van der Waals surface area contributed by atoms with Crippen LogP contribution in [0.1, 0.15) is 33.0 Å². The number of ether oxygens (including phenoxy) is 1. The lowest BCUT2D eigenvalue weighted by Gasteiger charge is -2.20. The molecule has 0 spiro atoms. The Morgan fingerprint density at radius 3 is 2.79 bits per heavy atom. The van der Waals surface area contributed by atoms with Gasteiger partial charge in [-0.05, 0) is 20.3 Å². The minimum atomic E-state index is 0.156. The van der Waals surface area contributed by atoms with Gasteiger partial charge in [0.05, 0.1) is 23.7 Å². The quantitative estimate of drug-likeness (QED) is 0.870. The molecular formula is C17H28N6O. The van der Waals surface area contributed by atoms with Crippen molar-refractivity contribution in [2.24, 2.45) is 7.05 Å². The Kier molecular flexibility index (Phi) is 5.01. The average molecular weight is 332 g/mol. The van der Waals surface area contributed by atoms with Crippen LogP contribution >= 0.6 is 0 Å². The molecule has 7 heteroatoms. The molecule has 0 saturated carbocycles. The fourth-order valence-corrected chi connectivity index (χ4v) is 3.29. The molecular weight excluding hydrogens is 304 g/mol. The van der Waals surface area contributed by atoms with Crippen molar-refractivity contribution in [1.82, 2.24) is 24.6 Å². The number of nitrogens with zero attached hydrogens (tertiary/aromatic N) is 5.